The zero-order chi connectivity index (χ0) is 20.6. The minimum absolute atomic E-state index is 0.132. The van der Waals surface area contributed by atoms with E-state index in [2.05, 4.69) is 21.9 Å². The number of aliphatic hydroxyl groups is 1. The molecule has 0 saturated carbocycles. The van der Waals surface area contributed by atoms with Gasteiger partial charge in [-0.1, -0.05) is 24.3 Å². The molecule has 0 radical (unpaired) electrons. The molecule has 1 fully saturated rings. The van der Waals surface area contributed by atoms with Crippen molar-refractivity contribution >= 4 is 0 Å². The molecule has 0 unspecified atom stereocenters. The summed E-state index contributed by atoms with van der Waals surface area (Å²) >= 11 is 0. The SMILES string of the molecule is COCc1cc(CN2CCN(Cc3ccccc3F)[C@@H](CCO)C2)ccc1OC. The maximum Gasteiger partial charge on any atom is 0.127 e. The number of benzene rings is 2. The number of rotatable bonds is 9. The van der Waals surface area contributed by atoms with Crippen molar-refractivity contribution in [3.8, 4) is 5.75 Å². The van der Waals surface area contributed by atoms with E-state index in [1.807, 2.05) is 18.2 Å². The van der Waals surface area contributed by atoms with E-state index < -0.39 is 0 Å². The molecule has 0 spiro atoms. The maximum absolute atomic E-state index is 14.1. The Morgan fingerprint density at radius 1 is 1.07 bits per heavy atom. The first kappa shape index (κ1) is 21.7. The number of aliphatic hydroxyl groups excluding tert-OH is 1. The summed E-state index contributed by atoms with van der Waals surface area (Å²) in [6.45, 7) is 4.65. The molecule has 1 saturated heterocycles. The minimum Gasteiger partial charge on any atom is -0.496 e. The topological polar surface area (TPSA) is 45.2 Å². The molecular weight excluding hydrogens is 371 g/mol. The Morgan fingerprint density at radius 3 is 2.62 bits per heavy atom. The number of nitrogens with zero attached hydrogens (tertiary/aromatic N) is 2. The first-order chi connectivity index (χ1) is 14.1. The summed E-state index contributed by atoms with van der Waals surface area (Å²) in [7, 11) is 3.35. The number of halogens is 1. The van der Waals surface area contributed by atoms with Gasteiger partial charge in [0, 0.05) is 63.6 Å². The summed E-state index contributed by atoms with van der Waals surface area (Å²) in [6.07, 6.45) is 0.683. The lowest BCUT2D eigenvalue weighted by Crippen LogP contribution is -2.52. The molecule has 1 aliphatic heterocycles. The third-order valence-electron chi connectivity index (χ3n) is 5.53. The summed E-state index contributed by atoms with van der Waals surface area (Å²) in [5.74, 6) is 0.671. The summed E-state index contributed by atoms with van der Waals surface area (Å²) in [6, 6.07) is 13.3. The molecule has 1 heterocycles. The van der Waals surface area contributed by atoms with Crippen LogP contribution in [0.2, 0.25) is 0 Å². The van der Waals surface area contributed by atoms with Crippen LogP contribution >= 0.6 is 0 Å². The van der Waals surface area contributed by atoms with E-state index in [-0.39, 0.29) is 18.5 Å². The molecule has 0 amide bonds. The van der Waals surface area contributed by atoms with Gasteiger partial charge in [0.15, 0.2) is 0 Å². The van der Waals surface area contributed by atoms with E-state index in [1.165, 1.54) is 11.6 Å². The van der Waals surface area contributed by atoms with Gasteiger partial charge in [-0.3, -0.25) is 9.80 Å². The van der Waals surface area contributed by atoms with Gasteiger partial charge in [0.1, 0.15) is 11.6 Å². The van der Waals surface area contributed by atoms with Crippen molar-refractivity contribution in [2.75, 3.05) is 40.5 Å². The fourth-order valence-electron chi connectivity index (χ4n) is 4.03. The Hall–Kier alpha value is -1.99. The third kappa shape index (κ3) is 5.76. The van der Waals surface area contributed by atoms with Crippen LogP contribution in [-0.4, -0.2) is 61.4 Å². The van der Waals surface area contributed by atoms with E-state index in [0.717, 1.165) is 37.5 Å². The van der Waals surface area contributed by atoms with Gasteiger partial charge < -0.3 is 14.6 Å². The zero-order valence-corrected chi connectivity index (χ0v) is 17.3. The summed E-state index contributed by atoms with van der Waals surface area (Å²) in [4.78, 5) is 4.69. The van der Waals surface area contributed by atoms with Gasteiger partial charge in [-0.2, -0.15) is 0 Å². The van der Waals surface area contributed by atoms with E-state index in [0.29, 0.717) is 25.1 Å². The maximum atomic E-state index is 14.1. The quantitative estimate of drug-likeness (QED) is 0.699. The van der Waals surface area contributed by atoms with Crippen molar-refractivity contribution in [2.24, 2.45) is 0 Å². The Bertz CT molecular complexity index is 786. The number of hydrogen-bond donors (Lipinski definition) is 1. The van der Waals surface area contributed by atoms with Gasteiger partial charge in [-0.25, -0.2) is 4.39 Å². The number of methoxy groups -OCH3 is 2. The second-order valence-electron chi connectivity index (χ2n) is 7.54. The van der Waals surface area contributed by atoms with Crippen LogP contribution < -0.4 is 4.74 Å². The van der Waals surface area contributed by atoms with Gasteiger partial charge in [0.25, 0.3) is 0 Å². The third-order valence-corrected chi connectivity index (χ3v) is 5.53. The minimum atomic E-state index is -0.165. The molecule has 158 valence electrons. The zero-order valence-electron chi connectivity index (χ0n) is 17.3. The van der Waals surface area contributed by atoms with Crippen molar-refractivity contribution < 1.29 is 19.0 Å². The van der Waals surface area contributed by atoms with Crippen LogP contribution in [0, 0.1) is 5.82 Å². The fourth-order valence-corrected chi connectivity index (χ4v) is 4.03. The lowest BCUT2D eigenvalue weighted by Gasteiger charge is -2.41. The fraction of sp³-hybridized carbons (Fsp3) is 0.478. The number of hydrogen-bond acceptors (Lipinski definition) is 5. The molecule has 1 atom stereocenters. The van der Waals surface area contributed by atoms with Gasteiger partial charge in [-0.15, -0.1) is 0 Å². The summed E-state index contributed by atoms with van der Waals surface area (Å²) < 4.78 is 24.8. The Morgan fingerprint density at radius 2 is 1.90 bits per heavy atom. The summed E-state index contributed by atoms with van der Waals surface area (Å²) in [5.41, 5.74) is 2.96. The molecule has 2 aromatic rings. The Kier molecular flexibility index (Phi) is 8.00. The van der Waals surface area contributed by atoms with Crippen LogP contribution in [0.3, 0.4) is 0 Å². The van der Waals surface area contributed by atoms with Crippen molar-refractivity contribution in [3.05, 3.63) is 65.0 Å². The van der Waals surface area contributed by atoms with Gasteiger partial charge in [-0.05, 0) is 30.2 Å². The van der Waals surface area contributed by atoms with Crippen LogP contribution in [0.5, 0.6) is 5.75 Å². The normalized spacial score (nSPS) is 18.1. The highest BCUT2D eigenvalue weighted by atomic mass is 19.1. The van der Waals surface area contributed by atoms with Crippen molar-refractivity contribution in [1.29, 1.82) is 0 Å². The van der Waals surface area contributed by atoms with Crippen LogP contribution in [0.25, 0.3) is 0 Å². The molecule has 0 aliphatic carbocycles. The molecule has 0 aromatic heterocycles. The van der Waals surface area contributed by atoms with Crippen molar-refractivity contribution in [1.82, 2.24) is 9.80 Å². The van der Waals surface area contributed by atoms with Gasteiger partial charge in [0.05, 0.1) is 13.7 Å². The van der Waals surface area contributed by atoms with Crippen LogP contribution in [-0.2, 0) is 24.4 Å². The molecule has 5 nitrogen and oxygen atoms in total. The molecular formula is C23H31FN2O3. The average molecular weight is 403 g/mol. The standard InChI is InChI=1S/C23H31FN2O3/c1-28-17-20-13-18(7-8-23(20)29-2)14-25-10-11-26(21(16-25)9-12-27)15-19-5-3-4-6-22(19)24/h3-8,13,21,27H,9-12,14-17H2,1-2H3/t21-/m0/s1. The van der Waals surface area contributed by atoms with Crippen LogP contribution in [0.15, 0.2) is 42.5 Å². The van der Waals surface area contributed by atoms with Gasteiger partial charge >= 0.3 is 0 Å². The molecule has 6 heteroatoms. The van der Waals surface area contributed by atoms with E-state index >= 15 is 0 Å². The first-order valence-corrected chi connectivity index (χ1v) is 10.1. The van der Waals surface area contributed by atoms with Crippen LogP contribution in [0.1, 0.15) is 23.1 Å². The van der Waals surface area contributed by atoms with Crippen LogP contribution in [0.4, 0.5) is 4.39 Å². The lowest BCUT2D eigenvalue weighted by molar-refractivity contribution is 0.0492. The molecule has 1 N–H and O–H groups in total. The Balaban J connectivity index is 1.66. The van der Waals surface area contributed by atoms with Crippen molar-refractivity contribution in [3.63, 3.8) is 0 Å². The van der Waals surface area contributed by atoms with E-state index in [9.17, 15) is 9.50 Å². The molecule has 3 rings (SSSR count). The summed E-state index contributed by atoms with van der Waals surface area (Å²) in [5, 5.41) is 9.54. The van der Waals surface area contributed by atoms with Crippen molar-refractivity contribution in [2.45, 2.75) is 32.2 Å². The highest BCUT2D eigenvalue weighted by Crippen LogP contribution is 2.23. The predicted molar refractivity (Wildman–Crippen MR) is 111 cm³/mol. The second kappa shape index (κ2) is 10.7. The predicted octanol–water partition coefficient (Wildman–Crippen LogP) is 3.05. The average Bonchev–Trinajstić information content (AvgIpc) is 2.72. The van der Waals surface area contributed by atoms with E-state index in [1.54, 1.807) is 20.3 Å². The highest BCUT2D eigenvalue weighted by Gasteiger charge is 2.27. The number of ether oxygens (including phenoxy) is 2. The molecule has 2 aromatic carbocycles. The first-order valence-electron chi connectivity index (χ1n) is 10.1. The second-order valence-corrected chi connectivity index (χ2v) is 7.54. The number of piperazine rings is 1. The van der Waals surface area contributed by atoms with E-state index in [4.69, 9.17) is 9.47 Å². The lowest BCUT2D eigenvalue weighted by atomic mass is 10.0. The molecule has 0 bridgehead atoms. The highest BCUT2D eigenvalue weighted by molar-refractivity contribution is 5.37. The smallest absolute Gasteiger partial charge is 0.127 e. The van der Waals surface area contributed by atoms with Gasteiger partial charge in [0.2, 0.25) is 0 Å². The monoisotopic (exact) mass is 402 g/mol. The molecule has 29 heavy (non-hydrogen) atoms. The Labute approximate surface area is 172 Å². The molecule has 1 aliphatic rings. The largest absolute Gasteiger partial charge is 0.496 e.